The van der Waals surface area contributed by atoms with Crippen LogP contribution in [0.4, 0.5) is 0 Å². The molecule has 0 spiro atoms. The van der Waals surface area contributed by atoms with Crippen LogP contribution in [0.5, 0.6) is 0 Å². The first-order valence-electron chi connectivity index (χ1n) is 8.60. The number of rotatable bonds is 5. The third kappa shape index (κ3) is 3.47. The highest BCUT2D eigenvalue weighted by molar-refractivity contribution is 6.05. The average Bonchev–Trinajstić information content (AvgIpc) is 2.83. The third-order valence-electron chi connectivity index (χ3n) is 4.91. The van der Waals surface area contributed by atoms with Gasteiger partial charge in [-0.25, -0.2) is 0 Å². The van der Waals surface area contributed by atoms with Gasteiger partial charge in [0, 0.05) is 18.7 Å². The topological polar surface area (TPSA) is 79.4 Å². The van der Waals surface area contributed by atoms with Crippen LogP contribution in [-0.2, 0) is 20.9 Å². The number of likely N-dealkylation sites (tertiary alicyclic amines) is 1. The summed E-state index contributed by atoms with van der Waals surface area (Å²) in [6, 6.07) is 5.65. The van der Waals surface area contributed by atoms with Gasteiger partial charge in [0.1, 0.15) is 0 Å². The highest BCUT2D eigenvalue weighted by Crippen LogP contribution is 2.37. The third-order valence-corrected chi connectivity index (χ3v) is 4.91. The van der Waals surface area contributed by atoms with Crippen LogP contribution in [0.2, 0.25) is 0 Å². The second kappa shape index (κ2) is 7.11. The van der Waals surface area contributed by atoms with E-state index in [0.717, 1.165) is 37.1 Å². The summed E-state index contributed by atoms with van der Waals surface area (Å²) in [6.07, 6.45) is 3.77. The molecule has 1 aromatic rings. The molecular formula is C18H23N3O3. The van der Waals surface area contributed by atoms with Crippen molar-refractivity contribution in [2.24, 2.45) is 11.8 Å². The van der Waals surface area contributed by atoms with Crippen LogP contribution in [0.3, 0.4) is 0 Å². The summed E-state index contributed by atoms with van der Waals surface area (Å²) in [7, 11) is 0. The van der Waals surface area contributed by atoms with Crippen LogP contribution in [-0.4, -0.2) is 34.2 Å². The molecule has 6 nitrogen and oxygen atoms in total. The molecule has 6 heteroatoms. The lowest BCUT2D eigenvalue weighted by Crippen LogP contribution is -2.35. The van der Waals surface area contributed by atoms with Crippen molar-refractivity contribution in [1.82, 2.24) is 15.2 Å². The van der Waals surface area contributed by atoms with Crippen molar-refractivity contribution in [3.05, 3.63) is 29.6 Å². The van der Waals surface area contributed by atoms with Crippen LogP contribution < -0.4 is 5.32 Å². The molecule has 0 bridgehead atoms. The summed E-state index contributed by atoms with van der Waals surface area (Å²) in [5, 5.41) is 2.79. The SMILES string of the molecule is Cc1cccc(CNC(=O)CCN2C(=O)C3CCCCC3C2=O)n1. The summed E-state index contributed by atoms with van der Waals surface area (Å²) >= 11 is 0. The Labute approximate surface area is 141 Å². The van der Waals surface area contributed by atoms with Crippen LogP contribution in [0, 0.1) is 18.8 Å². The first-order chi connectivity index (χ1) is 11.6. The fourth-order valence-corrected chi connectivity index (χ4v) is 3.64. The number of hydrogen-bond donors (Lipinski definition) is 1. The molecule has 1 aromatic heterocycles. The van der Waals surface area contributed by atoms with Crippen molar-refractivity contribution in [2.45, 2.75) is 45.6 Å². The summed E-state index contributed by atoms with van der Waals surface area (Å²) in [6.45, 7) is 2.43. The van der Waals surface area contributed by atoms with E-state index in [1.54, 1.807) is 0 Å². The number of hydrogen-bond acceptors (Lipinski definition) is 4. The van der Waals surface area contributed by atoms with Gasteiger partial charge in [0.25, 0.3) is 0 Å². The fourth-order valence-electron chi connectivity index (χ4n) is 3.64. The standard InChI is InChI=1S/C18H23N3O3/c1-12-5-4-6-13(20-12)11-19-16(22)9-10-21-17(23)14-7-2-3-8-15(14)18(21)24/h4-6,14-15H,2-3,7-11H2,1H3,(H,19,22). The van der Waals surface area contributed by atoms with Gasteiger partial charge in [-0.3, -0.25) is 24.3 Å². The molecule has 1 saturated carbocycles. The Hall–Kier alpha value is -2.24. The predicted molar refractivity (Wildman–Crippen MR) is 87.6 cm³/mol. The summed E-state index contributed by atoms with van der Waals surface area (Å²) in [4.78, 5) is 42.3. The van der Waals surface area contributed by atoms with Gasteiger partial charge in [-0.15, -0.1) is 0 Å². The number of nitrogens with one attached hydrogen (secondary N) is 1. The number of pyridine rings is 1. The largest absolute Gasteiger partial charge is 0.350 e. The maximum atomic E-state index is 12.3. The molecule has 2 aliphatic rings. The van der Waals surface area contributed by atoms with E-state index >= 15 is 0 Å². The van der Waals surface area contributed by atoms with E-state index in [1.807, 2.05) is 25.1 Å². The lowest BCUT2D eigenvalue weighted by molar-refractivity contribution is -0.140. The van der Waals surface area contributed by atoms with Gasteiger partial charge in [-0.1, -0.05) is 18.9 Å². The number of aryl methyl sites for hydroxylation is 1. The lowest BCUT2D eigenvalue weighted by Gasteiger charge is -2.19. The zero-order chi connectivity index (χ0) is 17.1. The zero-order valence-electron chi connectivity index (χ0n) is 14.0. The second-order valence-electron chi connectivity index (χ2n) is 6.62. The Kier molecular flexibility index (Phi) is 4.92. The number of nitrogens with zero attached hydrogens (tertiary/aromatic N) is 2. The highest BCUT2D eigenvalue weighted by atomic mass is 16.2. The van der Waals surface area contributed by atoms with Gasteiger partial charge in [0.15, 0.2) is 0 Å². The first-order valence-corrected chi connectivity index (χ1v) is 8.60. The number of amides is 3. The monoisotopic (exact) mass is 329 g/mol. The Morgan fingerprint density at radius 1 is 1.21 bits per heavy atom. The minimum atomic E-state index is -0.172. The van der Waals surface area contributed by atoms with Crippen molar-refractivity contribution in [2.75, 3.05) is 6.54 Å². The van der Waals surface area contributed by atoms with Gasteiger partial charge in [-0.2, -0.15) is 0 Å². The molecule has 1 saturated heterocycles. The zero-order valence-corrected chi connectivity index (χ0v) is 14.0. The molecule has 2 unspecified atom stereocenters. The van der Waals surface area contributed by atoms with E-state index in [0.29, 0.717) is 6.54 Å². The number of carbonyl (C=O) groups excluding carboxylic acids is 3. The van der Waals surface area contributed by atoms with Crippen molar-refractivity contribution in [3.8, 4) is 0 Å². The molecule has 2 heterocycles. The number of aromatic nitrogens is 1. The molecule has 0 aromatic carbocycles. The fraction of sp³-hybridized carbons (Fsp3) is 0.556. The van der Waals surface area contributed by atoms with Gasteiger partial charge in [0.05, 0.1) is 24.1 Å². The Bertz CT molecular complexity index is 635. The molecule has 1 aliphatic heterocycles. The number of carbonyl (C=O) groups is 3. The maximum Gasteiger partial charge on any atom is 0.233 e. The smallest absolute Gasteiger partial charge is 0.233 e. The van der Waals surface area contributed by atoms with E-state index in [9.17, 15) is 14.4 Å². The molecule has 1 N–H and O–H groups in total. The van der Waals surface area contributed by atoms with E-state index in [1.165, 1.54) is 4.90 Å². The van der Waals surface area contributed by atoms with Gasteiger partial charge in [-0.05, 0) is 31.9 Å². The average molecular weight is 329 g/mol. The quantitative estimate of drug-likeness (QED) is 0.832. The minimum absolute atomic E-state index is 0.0853. The summed E-state index contributed by atoms with van der Waals surface area (Å²) in [5.74, 6) is -0.638. The molecular weight excluding hydrogens is 306 g/mol. The lowest BCUT2D eigenvalue weighted by atomic mass is 9.81. The Morgan fingerprint density at radius 3 is 2.50 bits per heavy atom. The number of fused-ring (bicyclic) bond motifs is 1. The maximum absolute atomic E-state index is 12.3. The molecule has 0 radical (unpaired) electrons. The molecule has 2 atom stereocenters. The van der Waals surface area contributed by atoms with E-state index in [2.05, 4.69) is 10.3 Å². The number of imide groups is 1. The Morgan fingerprint density at radius 2 is 1.88 bits per heavy atom. The predicted octanol–water partition coefficient (Wildman–Crippen LogP) is 1.57. The van der Waals surface area contributed by atoms with Crippen molar-refractivity contribution >= 4 is 17.7 Å². The van der Waals surface area contributed by atoms with Crippen LogP contribution in [0.1, 0.15) is 43.5 Å². The van der Waals surface area contributed by atoms with Crippen LogP contribution >= 0.6 is 0 Å². The van der Waals surface area contributed by atoms with Crippen LogP contribution in [0.15, 0.2) is 18.2 Å². The normalized spacial score (nSPS) is 23.3. The second-order valence-corrected chi connectivity index (χ2v) is 6.62. The van der Waals surface area contributed by atoms with Crippen molar-refractivity contribution < 1.29 is 14.4 Å². The molecule has 1 aliphatic carbocycles. The highest BCUT2D eigenvalue weighted by Gasteiger charge is 2.47. The van der Waals surface area contributed by atoms with Gasteiger partial charge < -0.3 is 5.32 Å². The van der Waals surface area contributed by atoms with Gasteiger partial charge in [0.2, 0.25) is 17.7 Å². The Balaban J connectivity index is 1.49. The minimum Gasteiger partial charge on any atom is -0.350 e. The van der Waals surface area contributed by atoms with Crippen molar-refractivity contribution in [1.29, 1.82) is 0 Å². The summed E-state index contributed by atoms with van der Waals surface area (Å²) in [5.41, 5.74) is 1.69. The van der Waals surface area contributed by atoms with Crippen molar-refractivity contribution in [3.63, 3.8) is 0 Å². The molecule has 24 heavy (non-hydrogen) atoms. The molecule has 2 fully saturated rings. The summed E-state index contributed by atoms with van der Waals surface area (Å²) < 4.78 is 0. The molecule has 128 valence electrons. The van der Waals surface area contributed by atoms with E-state index in [4.69, 9.17) is 0 Å². The first kappa shape index (κ1) is 16.6. The van der Waals surface area contributed by atoms with Gasteiger partial charge >= 0.3 is 0 Å². The molecule has 3 rings (SSSR count). The van der Waals surface area contributed by atoms with E-state index < -0.39 is 0 Å². The molecule has 3 amide bonds. The van der Waals surface area contributed by atoms with E-state index in [-0.39, 0.29) is 42.5 Å². The van der Waals surface area contributed by atoms with Crippen LogP contribution in [0.25, 0.3) is 0 Å².